The number of carbonyl (C=O) groups is 1. The van der Waals surface area contributed by atoms with Crippen LogP contribution in [0.4, 0.5) is 0 Å². The average molecular weight is 386 g/mol. The van der Waals surface area contributed by atoms with Crippen molar-refractivity contribution < 1.29 is 9.53 Å². The first-order chi connectivity index (χ1) is 12.9. The monoisotopic (exact) mass is 386 g/mol. The molecule has 0 bridgehead atoms. The lowest BCUT2D eigenvalue weighted by Crippen LogP contribution is -2.15. The van der Waals surface area contributed by atoms with E-state index in [1.807, 2.05) is 6.92 Å². The molecule has 3 rings (SSSR count). The molecule has 0 aliphatic heterocycles. The highest BCUT2D eigenvalue weighted by Crippen LogP contribution is 2.29. The molecule has 0 unspecified atom stereocenters. The number of rotatable bonds is 6. The maximum atomic E-state index is 12.6. The second-order valence-corrected chi connectivity index (χ2v) is 7.87. The van der Waals surface area contributed by atoms with E-state index in [1.165, 1.54) is 23.7 Å². The van der Waals surface area contributed by atoms with Crippen LogP contribution in [0.3, 0.4) is 0 Å². The first-order valence-electron chi connectivity index (χ1n) is 8.86. The Morgan fingerprint density at radius 1 is 1.30 bits per heavy atom. The predicted molar refractivity (Wildman–Crippen MR) is 104 cm³/mol. The zero-order valence-electron chi connectivity index (χ0n) is 15.8. The van der Waals surface area contributed by atoms with Gasteiger partial charge in [-0.25, -0.2) is 14.8 Å². The van der Waals surface area contributed by atoms with E-state index < -0.39 is 5.97 Å². The zero-order chi connectivity index (χ0) is 19.6. The van der Waals surface area contributed by atoms with Crippen LogP contribution < -0.4 is 5.56 Å². The normalized spacial score (nSPS) is 12.3. The van der Waals surface area contributed by atoms with E-state index in [4.69, 9.17) is 4.74 Å². The van der Waals surface area contributed by atoms with E-state index in [1.54, 1.807) is 6.92 Å². The van der Waals surface area contributed by atoms with E-state index >= 15 is 0 Å². The largest absolute Gasteiger partial charge is 0.453 e. The molecule has 142 valence electrons. The summed E-state index contributed by atoms with van der Waals surface area (Å²) in [5.74, 6) is 0.208. The van der Waals surface area contributed by atoms with Crippen LogP contribution >= 0.6 is 11.3 Å². The molecule has 0 aromatic carbocycles. The van der Waals surface area contributed by atoms with Crippen LogP contribution in [0.1, 0.15) is 52.7 Å². The Balaban J connectivity index is 1.81. The van der Waals surface area contributed by atoms with Crippen molar-refractivity contribution in [2.45, 2.75) is 47.1 Å². The van der Waals surface area contributed by atoms with Gasteiger partial charge in [0.2, 0.25) is 0 Å². The maximum absolute atomic E-state index is 12.6. The van der Waals surface area contributed by atoms with Gasteiger partial charge in [-0.05, 0) is 31.7 Å². The molecule has 0 aliphatic carbocycles. The molecule has 0 saturated carbocycles. The number of H-pyrrole nitrogens is 1. The Kier molecular flexibility index (Phi) is 5.65. The summed E-state index contributed by atoms with van der Waals surface area (Å²) in [5.41, 5.74) is 1.71. The summed E-state index contributed by atoms with van der Waals surface area (Å²) in [7, 11) is 0. The number of nitrogens with one attached hydrogen (secondary N) is 1. The van der Waals surface area contributed by atoms with E-state index in [0.29, 0.717) is 27.7 Å². The number of hydrogen-bond acceptors (Lipinski definition) is 7. The van der Waals surface area contributed by atoms with Crippen molar-refractivity contribution in [1.29, 1.82) is 0 Å². The molecular formula is C19H22N4O3S. The first kappa shape index (κ1) is 19.2. The number of thiophene rings is 1. The highest BCUT2D eigenvalue weighted by Gasteiger charge is 2.17. The highest BCUT2D eigenvalue weighted by molar-refractivity contribution is 7.18. The lowest BCUT2D eigenvalue weighted by Gasteiger charge is -2.08. The molecule has 1 N–H and O–H groups in total. The van der Waals surface area contributed by atoms with Gasteiger partial charge in [-0.1, -0.05) is 20.3 Å². The second-order valence-electron chi connectivity index (χ2n) is 6.67. The van der Waals surface area contributed by atoms with E-state index in [0.717, 1.165) is 23.3 Å². The quantitative estimate of drug-likeness (QED) is 0.653. The molecule has 7 nitrogen and oxygen atoms in total. The summed E-state index contributed by atoms with van der Waals surface area (Å²) >= 11 is 1.50. The van der Waals surface area contributed by atoms with Gasteiger partial charge in [-0.2, -0.15) is 0 Å². The highest BCUT2D eigenvalue weighted by atomic mass is 32.1. The summed E-state index contributed by atoms with van der Waals surface area (Å²) in [6.45, 7) is 7.98. The summed E-state index contributed by atoms with van der Waals surface area (Å²) in [5, 5.41) is 0.650. The topological polar surface area (TPSA) is 97.8 Å². The third-order valence-corrected chi connectivity index (χ3v) is 5.53. The minimum Gasteiger partial charge on any atom is -0.453 e. The molecule has 0 saturated heterocycles. The molecule has 1 atom stereocenters. The number of esters is 1. The van der Waals surface area contributed by atoms with Crippen LogP contribution in [0.2, 0.25) is 0 Å². The zero-order valence-corrected chi connectivity index (χ0v) is 16.6. The number of hydrogen-bond donors (Lipinski definition) is 1. The van der Waals surface area contributed by atoms with Crippen molar-refractivity contribution >= 4 is 27.5 Å². The van der Waals surface area contributed by atoms with Crippen LogP contribution in [-0.2, 0) is 17.8 Å². The van der Waals surface area contributed by atoms with Gasteiger partial charge >= 0.3 is 5.97 Å². The Morgan fingerprint density at radius 3 is 2.74 bits per heavy atom. The molecule has 8 heteroatoms. The maximum Gasteiger partial charge on any atom is 0.358 e. The summed E-state index contributed by atoms with van der Waals surface area (Å²) in [4.78, 5) is 41.7. The number of carbonyl (C=O) groups excluding carboxylic acids is 1. The van der Waals surface area contributed by atoms with Gasteiger partial charge in [-0.3, -0.25) is 9.78 Å². The molecule has 0 radical (unpaired) electrons. The van der Waals surface area contributed by atoms with Gasteiger partial charge in [0.25, 0.3) is 5.56 Å². The summed E-state index contributed by atoms with van der Waals surface area (Å²) < 4.78 is 5.21. The van der Waals surface area contributed by atoms with Crippen molar-refractivity contribution in [2.24, 2.45) is 5.92 Å². The fraction of sp³-hybridized carbons (Fsp3) is 0.421. The standard InChI is InChI=1S/C19H22N4O3S/c1-5-10(2)6-13-12(4)27-18-16(13)17(24)22-15(23-18)9-26-19(25)14-8-20-11(3)7-21-14/h7-8,10H,5-6,9H2,1-4H3,(H,22,23,24)/t10-/m1/s1. The lowest BCUT2D eigenvalue weighted by atomic mass is 9.98. The van der Waals surface area contributed by atoms with Gasteiger partial charge in [0.05, 0.1) is 17.3 Å². The van der Waals surface area contributed by atoms with Crippen molar-refractivity contribution in [3.05, 3.63) is 50.4 Å². The number of aromatic amines is 1. The second kappa shape index (κ2) is 7.96. The number of nitrogens with zero attached hydrogens (tertiary/aromatic N) is 3. The number of fused-ring (bicyclic) bond motifs is 1. The molecule has 3 aromatic heterocycles. The molecule has 3 heterocycles. The van der Waals surface area contributed by atoms with E-state index in [9.17, 15) is 9.59 Å². The van der Waals surface area contributed by atoms with E-state index in [2.05, 4.69) is 33.8 Å². The fourth-order valence-electron chi connectivity index (χ4n) is 2.73. The van der Waals surface area contributed by atoms with Gasteiger partial charge in [0.1, 0.15) is 17.3 Å². The fourth-order valence-corrected chi connectivity index (χ4v) is 3.80. The van der Waals surface area contributed by atoms with Crippen molar-refractivity contribution in [2.75, 3.05) is 0 Å². The Labute approximate surface area is 160 Å². The van der Waals surface area contributed by atoms with Crippen molar-refractivity contribution in [3.8, 4) is 0 Å². The van der Waals surface area contributed by atoms with Gasteiger partial charge in [0, 0.05) is 11.1 Å². The molecule has 27 heavy (non-hydrogen) atoms. The first-order valence-corrected chi connectivity index (χ1v) is 9.67. The summed E-state index contributed by atoms with van der Waals surface area (Å²) in [6.07, 6.45) is 4.77. The van der Waals surface area contributed by atoms with Gasteiger partial charge in [0.15, 0.2) is 5.69 Å². The van der Waals surface area contributed by atoms with Crippen LogP contribution in [0, 0.1) is 19.8 Å². The third kappa shape index (κ3) is 4.21. The van der Waals surface area contributed by atoms with Crippen LogP contribution in [0.25, 0.3) is 10.2 Å². The van der Waals surface area contributed by atoms with Crippen molar-refractivity contribution in [3.63, 3.8) is 0 Å². The van der Waals surface area contributed by atoms with Crippen molar-refractivity contribution in [1.82, 2.24) is 19.9 Å². The van der Waals surface area contributed by atoms with Crippen LogP contribution in [-0.4, -0.2) is 25.9 Å². The predicted octanol–water partition coefficient (Wildman–Crippen LogP) is 3.34. The lowest BCUT2D eigenvalue weighted by molar-refractivity contribution is 0.0455. The molecule has 0 aliphatic rings. The minimum absolute atomic E-state index is 0.117. The molecule has 0 fully saturated rings. The number of ether oxygens (including phenoxy) is 1. The summed E-state index contributed by atoms with van der Waals surface area (Å²) in [6, 6.07) is 0. The molecular weight excluding hydrogens is 364 g/mol. The van der Waals surface area contributed by atoms with Gasteiger partial charge in [-0.15, -0.1) is 11.3 Å². The SMILES string of the molecule is CC[C@@H](C)Cc1c(C)sc2nc(COC(=O)c3cnc(C)cn3)[nH]c(=O)c12. The Morgan fingerprint density at radius 2 is 2.07 bits per heavy atom. The Hall–Kier alpha value is -2.61. The molecule has 0 spiro atoms. The minimum atomic E-state index is -0.606. The van der Waals surface area contributed by atoms with Gasteiger partial charge < -0.3 is 9.72 Å². The molecule has 3 aromatic rings. The van der Waals surface area contributed by atoms with E-state index in [-0.39, 0.29) is 17.9 Å². The third-order valence-electron chi connectivity index (χ3n) is 4.49. The van der Waals surface area contributed by atoms with Crippen LogP contribution in [0.15, 0.2) is 17.2 Å². The Bertz CT molecular complexity index is 1020. The van der Waals surface area contributed by atoms with Crippen LogP contribution in [0.5, 0.6) is 0 Å². The smallest absolute Gasteiger partial charge is 0.358 e. The molecule has 0 amide bonds. The number of aryl methyl sites for hydroxylation is 2. The number of aromatic nitrogens is 4. The average Bonchev–Trinajstić information content (AvgIpc) is 2.95.